The second-order valence-electron chi connectivity index (χ2n) is 4.68. The van der Waals surface area contributed by atoms with Crippen LogP contribution in [0.3, 0.4) is 0 Å². The summed E-state index contributed by atoms with van der Waals surface area (Å²) in [5.74, 6) is 0.762. The zero-order valence-electron chi connectivity index (χ0n) is 10.6. The summed E-state index contributed by atoms with van der Waals surface area (Å²) in [4.78, 5) is 19.4. The lowest BCUT2D eigenvalue weighted by atomic mass is 10.0. The highest BCUT2D eigenvalue weighted by molar-refractivity contribution is 7.17. The Hall–Kier alpha value is -1.10. The minimum atomic E-state index is 0.146. The van der Waals surface area contributed by atoms with E-state index in [2.05, 4.69) is 17.2 Å². The van der Waals surface area contributed by atoms with E-state index in [0.717, 1.165) is 35.2 Å². The molecule has 0 radical (unpaired) electrons. The summed E-state index contributed by atoms with van der Waals surface area (Å²) in [5, 5.41) is 3.81. The summed E-state index contributed by atoms with van der Waals surface area (Å²) in [5.41, 5.74) is 0.836. The van der Waals surface area contributed by atoms with Crippen LogP contribution in [0.15, 0.2) is 0 Å². The van der Waals surface area contributed by atoms with E-state index in [1.807, 2.05) is 18.9 Å². The normalized spacial score (nSPS) is 20.4. The third-order valence-corrected chi connectivity index (χ3v) is 4.31. The van der Waals surface area contributed by atoms with Crippen LogP contribution in [-0.4, -0.2) is 35.9 Å². The third-order valence-electron chi connectivity index (χ3n) is 3.15. The molecular weight excluding hydrogens is 234 g/mol. The van der Waals surface area contributed by atoms with Gasteiger partial charge in [0.15, 0.2) is 5.13 Å². The molecule has 1 amide bonds. The molecule has 0 aliphatic carbocycles. The predicted molar refractivity (Wildman–Crippen MR) is 70.7 cm³/mol. The van der Waals surface area contributed by atoms with Crippen LogP contribution in [0.5, 0.6) is 0 Å². The fourth-order valence-electron chi connectivity index (χ4n) is 2.22. The summed E-state index contributed by atoms with van der Waals surface area (Å²) in [6.07, 6.45) is 2.34. The molecule has 0 aromatic carbocycles. The number of likely N-dealkylation sites (tertiary alicyclic amines) is 1. The number of carbonyl (C=O) groups excluding carboxylic acids is 1. The molecule has 0 spiro atoms. The molecule has 1 aliphatic rings. The highest BCUT2D eigenvalue weighted by atomic mass is 32.1. The Morgan fingerprint density at radius 3 is 2.94 bits per heavy atom. The second kappa shape index (κ2) is 5.04. The molecule has 2 heterocycles. The van der Waals surface area contributed by atoms with Crippen LogP contribution in [0.1, 0.15) is 35.1 Å². The highest BCUT2D eigenvalue weighted by Crippen LogP contribution is 2.25. The monoisotopic (exact) mass is 253 g/mol. The maximum atomic E-state index is 12.4. The van der Waals surface area contributed by atoms with Crippen molar-refractivity contribution < 1.29 is 4.79 Å². The van der Waals surface area contributed by atoms with Gasteiger partial charge in [0.25, 0.3) is 5.91 Å². The molecule has 1 atom stereocenters. The van der Waals surface area contributed by atoms with E-state index < -0.39 is 0 Å². The number of aryl methyl sites for hydroxylation is 1. The molecule has 5 heteroatoms. The smallest absolute Gasteiger partial charge is 0.265 e. The number of nitrogens with zero attached hydrogens (tertiary/aromatic N) is 2. The number of hydrogen-bond donors (Lipinski definition) is 1. The minimum absolute atomic E-state index is 0.146. The molecule has 4 nitrogen and oxygen atoms in total. The Morgan fingerprint density at radius 1 is 1.59 bits per heavy atom. The number of carbonyl (C=O) groups is 1. The van der Waals surface area contributed by atoms with Gasteiger partial charge in [-0.15, -0.1) is 0 Å². The van der Waals surface area contributed by atoms with Gasteiger partial charge in [0, 0.05) is 20.1 Å². The maximum absolute atomic E-state index is 12.4. The van der Waals surface area contributed by atoms with E-state index in [1.54, 1.807) is 0 Å². The topological polar surface area (TPSA) is 45.2 Å². The van der Waals surface area contributed by atoms with Crippen LogP contribution in [-0.2, 0) is 0 Å². The number of aromatic nitrogens is 1. The van der Waals surface area contributed by atoms with Crippen molar-refractivity contribution in [2.45, 2.75) is 26.7 Å². The maximum Gasteiger partial charge on any atom is 0.265 e. The number of nitrogens with one attached hydrogen (secondary N) is 1. The first-order chi connectivity index (χ1) is 8.11. The fraction of sp³-hybridized carbons (Fsp3) is 0.667. The second-order valence-corrected chi connectivity index (χ2v) is 5.68. The van der Waals surface area contributed by atoms with Crippen molar-refractivity contribution >= 4 is 22.4 Å². The molecule has 1 aromatic rings. The van der Waals surface area contributed by atoms with Gasteiger partial charge in [0.1, 0.15) is 4.88 Å². The zero-order chi connectivity index (χ0) is 12.4. The van der Waals surface area contributed by atoms with Gasteiger partial charge in [0.05, 0.1) is 5.69 Å². The fourth-order valence-corrected chi connectivity index (χ4v) is 3.11. The number of rotatable bonds is 2. The lowest BCUT2D eigenvalue weighted by Crippen LogP contribution is -2.39. The Kier molecular flexibility index (Phi) is 3.66. The van der Waals surface area contributed by atoms with Crippen LogP contribution in [0.4, 0.5) is 5.13 Å². The van der Waals surface area contributed by atoms with Gasteiger partial charge in [-0.25, -0.2) is 4.98 Å². The van der Waals surface area contributed by atoms with E-state index in [0.29, 0.717) is 5.92 Å². The third kappa shape index (κ3) is 2.60. The molecule has 0 saturated carbocycles. The number of thiazole rings is 1. The number of piperidine rings is 1. The molecule has 1 fully saturated rings. The van der Waals surface area contributed by atoms with Gasteiger partial charge in [-0.3, -0.25) is 4.79 Å². The van der Waals surface area contributed by atoms with Crippen molar-refractivity contribution in [3.8, 4) is 0 Å². The molecule has 2 rings (SSSR count). The number of amides is 1. The molecule has 1 aliphatic heterocycles. The van der Waals surface area contributed by atoms with E-state index in [4.69, 9.17) is 0 Å². The first-order valence-electron chi connectivity index (χ1n) is 6.06. The molecule has 17 heavy (non-hydrogen) atoms. The summed E-state index contributed by atoms with van der Waals surface area (Å²) < 4.78 is 0. The number of anilines is 1. The predicted octanol–water partition coefficient (Wildman–Crippen LogP) is 2.37. The van der Waals surface area contributed by atoms with Crippen molar-refractivity contribution in [1.82, 2.24) is 9.88 Å². The van der Waals surface area contributed by atoms with Crippen LogP contribution < -0.4 is 5.32 Å². The Bertz CT molecular complexity index is 416. The van der Waals surface area contributed by atoms with E-state index in [9.17, 15) is 4.79 Å². The Balaban J connectivity index is 2.15. The van der Waals surface area contributed by atoms with Gasteiger partial charge in [-0.05, 0) is 25.7 Å². The van der Waals surface area contributed by atoms with Crippen LogP contribution in [0.2, 0.25) is 0 Å². The van der Waals surface area contributed by atoms with Gasteiger partial charge in [-0.2, -0.15) is 0 Å². The molecule has 1 N–H and O–H groups in total. The van der Waals surface area contributed by atoms with Crippen molar-refractivity contribution in [3.05, 3.63) is 10.6 Å². The van der Waals surface area contributed by atoms with E-state index >= 15 is 0 Å². The van der Waals surface area contributed by atoms with Gasteiger partial charge in [0.2, 0.25) is 0 Å². The van der Waals surface area contributed by atoms with Crippen molar-refractivity contribution in [1.29, 1.82) is 0 Å². The van der Waals surface area contributed by atoms with Crippen molar-refractivity contribution in [3.63, 3.8) is 0 Å². The summed E-state index contributed by atoms with van der Waals surface area (Å²) >= 11 is 1.45. The molecule has 0 bridgehead atoms. The molecule has 1 unspecified atom stereocenters. The zero-order valence-corrected chi connectivity index (χ0v) is 11.4. The average Bonchev–Trinajstić information content (AvgIpc) is 2.69. The van der Waals surface area contributed by atoms with Crippen LogP contribution >= 0.6 is 11.3 Å². The Morgan fingerprint density at radius 2 is 2.35 bits per heavy atom. The molecule has 1 aromatic heterocycles. The first-order valence-corrected chi connectivity index (χ1v) is 6.88. The van der Waals surface area contributed by atoms with Crippen LogP contribution in [0, 0.1) is 12.8 Å². The van der Waals surface area contributed by atoms with E-state index in [1.165, 1.54) is 17.8 Å². The SMILES string of the molecule is CNc1nc(C)c(C(=O)N2CCCC(C)C2)s1. The minimum Gasteiger partial charge on any atom is -0.365 e. The molecule has 1 saturated heterocycles. The van der Waals surface area contributed by atoms with Crippen molar-refractivity contribution in [2.24, 2.45) is 5.92 Å². The van der Waals surface area contributed by atoms with Crippen LogP contribution in [0.25, 0.3) is 0 Å². The molecule has 94 valence electrons. The quantitative estimate of drug-likeness (QED) is 0.880. The van der Waals surface area contributed by atoms with Crippen molar-refractivity contribution in [2.75, 3.05) is 25.5 Å². The Labute approximate surface area is 106 Å². The average molecular weight is 253 g/mol. The largest absolute Gasteiger partial charge is 0.365 e. The molecular formula is C12H19N3OS. The first kappa shape index (κ1) is 12.4. The summed E-state index contributed by atoms with van der Waals surface area (Å²) in [7, 11) is 1.83. The van der Waals surface area contributed by atoms with Gasteiger partial charge >= 0.3 is 0 Å². The van der Waals surface area contributed by atoms with Gasteiger partial charge < -0.3 is 10.2 Å². The number of hydrogen-bond acceptors (Lipinski definition) is 4. The van der Waals surface area contributed by atoms with Gasteiger partial charge in [-0.1, -0.05) is 18.3 Å². The standard InChI is InChI=1S/C12H19N3OS/c1-8-5-4-6-15(7-8)11(16)10-9(2)14-12(13-3)17-10/h8H,4-7H2,1-3H3,(H,13,14). The lowest BCUT2D eigenvalue weighted by molar-refractivity contribution is 0.0687. The summed E-state index contributed by atoms with van der Waals surface area (Å²) in [6, 6.07) is 0. The lowest BCUT2D eigenvalue weighted by Gasteiger charge is -2.30. The summed E-state index contributed by atoms with van der Waals surface area (Å²) in [6.45, 7) is 5.87. The highest BCUT2D eigenvalue weighted by Gasteiger charge is 2.25. The van der Waals surface area contributed by atoms with E-state index in [-0.39, 0.29) is 5.91 Å².